The highest BCUT2D eigenvalue weighted by Gasteiger charge is 2.38. The molecule has 0 aliphatic carbocycles. The highest BCUT2D eigenvalue weighted by molar-refractivity contribution is 8.01. The lowest BCUT2D eigenvalue weighted by Crippen LogP contribution is -2.36. The van der Waals surface area contributed by atoms with Gasteiger partial charge in [-0.05, 0) is 38.7 Å². The Labute approximate surface area is 134 Å². The third kappa shape index (κ3) is 3.42. The van der Waals surface area contributed by atoms with E-state index in [9.17, 15) is 4.79 Å². The van der Waals surface area contributed by atoms with Crippen LogP contribution in [-0.2, 0) is 4.79 Å². The van der Waals surface area contributed by atoms with E-state index in [2.05, 4.69) is 4.90 Å². The van der Waals surface area contributed by atoms with Crippen LogP contribution in [0.4, 0.5) is 0 Å². The van der Waals surface area contributed by atoms with E-state index < -0.39 is 0 Å². The lowest BCUT2D eigenvalue weighted by Gasteiger charge is -2.25. The number of likely N-dealkylation sites (N-methyl/N-ethyl adjacent to an activating group) is 1. The van der Waals surface area contributed by atoms with Crippen LogP contribution in [0, 0.1) is 0 Å². The van der Waals surface area contributed by atoms with Crippen molar-refractivity contribution in [2.24, 2.45) is 0 Å². The molecule has 1 aromatic rings. The highest BCUT2D eigenvalue weighted by Crippen LogP contribution is 2.43. The zero-order valence-electron chi connectivity index (χ0n) is 11.8. The number of rotatable bonds is 4. The number of carbonyl (C=O) groups is 1. The summed E-state index contributed by atoms with van der Waals surface area (Å²) in [5.74, 6) is 0.188. The number of hydrogen-bond acceptors (Lipinski definition) is 3. The Morgan fingerprint density at radius 1 is 1.30 bits per heavy atom. The van der Waals surface area contributed by atoms with Crippen molar-refractivity contribution in [3.8, 4) is 0 Å². The Bertz CT molecular complexity index is 510. The molecule has 0 bridgehead atoms. The van der Waals surface area contributed by atoms with E-state index in [1.165, 1.54) is 0 Å². The molecule has 1 aliphatic heterocycles. The van der Waals surface area contributed by atoms with Crippen LogP contribution in [0.2, 0.25) is 10.0 Å². The highest BCUT2D eigenvalue weighted by atomic mass is 35.5. The maximum atomic E-state index is 12.3. The van der Waals surface area contributed by atoms with E-state index in [0.717, 1.165) is 12.1 Å². The zero-order valence-corrected chi connectivity index (χ0v) is 14.1. The second-order valence-electron chi connectivity index (χ2n) is 5.14. The van der Waals surface area contributed by atoms with Gasteiger partial charge in [0, 0.05) is 13.1 Å². The third-order valence-electron chi connectivity index (χ3n) is 3.26. The van der Waals surface area contributed by atoms with Crippen LogP contribution < -0.4 is 0 Å². The van der Waals surface area contributed by atoms with E-state index in [-0.39, 0.29) is 16.5 Å². The van der Waals surface area contributed by atoms with Gasteiger partial charge in [-0.15, -0.1) is 11.8 Å². The Morgan fingerprint density at radius 2 is 2.00 bits per heavy atom. The molecule has 0 unspecified atom stereocenters. The molecule has 0 spiro atoms. The van der Waals surface area contributed by atoms with Crippen molar-refractivity contribution in [1.29, 1.82) is 0 Å². The predicted molar refractivity (Wildman–Crippen MR) is 86.5 cm³/mol. The maximum absolute atomic E-state index is 12.3. The lowest BCUT2D eigenvalue weighted by molar-refractivity contribution is -0.129. The molecule has 0 N–H and O–H groups in total. The molecule has 20 heavy (non-hydrogen) atoms. The molecule has 0 aromatic heterocycles. The SMILES string of the molecule is C[C@@H]1S[C@@H](c2ccc(Cl)c(Cl)c2)N(CCN(C)C)C1=O. The average Bonchev–Trinajstić information content (AvgIpc) is 2.67. The van der Waals surface area contributed by atoms with E-state index in [0.29, 0.717) is 16.6 Å². The number of carbonyl (C=O) groups excluding carboxylic acids is 1. The predicted octanol–water partition coefficient (Wildman–Crippen LogP) is 3.52. The summed E-state index contributed by atoms with van der Waals surface area (Å²) < 4.78 is 0. The molecule has 1 aromatic carbocycles. The summed E-state index contributed by atoms with van der Waals surface area (Å²) >= 11 is 13.7. The molecule has 1 heterocycles. The molecule has 2 atom stereocenters. The Balaban J connectivity index is 2.23. The van der Waals surface area contributed by atoms with Crippen molar-refractivity contribution in [1.82, 2.24) is 9.80 Å². The van der Waals surface area contributed by atoms with Crippen LogP contribution in [0.25, 0.3) is 0 Å². The molecule has 0 radical (unpaired) electrons. The second kappa shape index (κ2) is 6.56. The zero-order chi connectivity index (χ0) is 14.9. The van der Waals surface area contributed by atoms with Gasteiger partial charge < -0.3 is 9.80 Å². The summed E-state index contributed by atoms with van der Waals surface area (Å²) in [5.41, 5.74) is 1.03. The maximum Gasteiger partial charge on any atom is 0.236 e. The molecular formula is C14H18Cl2N2OS. The van der Waals surface area contributed by atoms with Crippen LogP contribution in [-0.4, -0.2) is 48.1 Å². The molecule has 1 aliphatic rings. The second-order valence-corrected chi connectivity index (χ2v) is 7.38. The molecule has 6 heteroatoms. The van der Waals surface area contributed by atoms with Gasteiger partial charge in [-0.2, -0.15) is 0 Å². The summed E-state index contributed by atoms with van der Waals surface area (Å²) in [6.07, 6.45) is 0. The van der Waals surface area contributed by atoms with Gasteiger partial charge in [0.2, 0.25) is 5.91 Å². The van der Waals surface area contributed by atoms with E-state index in [4.69, 9.17) is 23.2 Å². The third-order valence-corrected chi connectivity index (χ3v) is 5.40. The Hall–Kier alpha value is -0.420. The number of amides is 1. The largest absolute Gasteiger partial charge is 0.324 e. The molecule has 0 saturated carbocycles. The van der Waals surface area contributed by atoms with Gasteiger partial charge in [0.25, 0.3) is 0 Å². The van der Waals surface area contributed by atoms with Gasteiger partial charge in [-0.1, -0.05) is 29.3 Å². The monoisotopic (exact) mass is 332 g/mol. The normalized spacial score (nSPS) is 22.9. The summed E-state index contributed by atoms with van der Waals surface area (Å²) in [4.78, 5) is 16.3. The average molecular weight is 333 g/mol. The van der Waals surface area contributed by atoms with Gasteiger partial charge in [-0.3, -0.25) is 4.79 Å². The van der Waals surface area contributed by atoms with E-state index in [1.54, 1.807) is 17.8 Å². The standard InChI is InChI=1S/C14H18Cl2N2OS/c1-9-13(19)18(7-6-17(2)3)14(20-9)10-4-5-11(15)12(16)8-10/h4-5,8-9,14H,6-7H2,1-3H3/t9-,14-/m0/s1. The van der Waals surface area contributed by atoms with Gasteiger partial charge >= 0.3 is 0 Å². The van der Waals surface area contributed by atoms with Gasteiger partial charge in [-0.25, -0.2) is 0 Å². The van der Waals surface area contributed by atoms with Crippen molar-refractivity contribution in [2.75, 3.05) is 27.2 Å². The van der Waals surface area contributed by atoms with Crippen LogP contribution in [0.15, 0.2) is 18.2 Å². The molecule has 110 valence electrons. The first kappa shape index (κ1) is 16.0. The van der Waals surface area contributed by atoms with Crippen molar-refractivity contribution >= 4 is 40.9 Å². The summed E-state index contributed by atoms with van der Waals surface area (Å²) in [6, 6.07) is 5.59. The van der Waals surface area contributed by atoms with Crippen LogP contribution in [0.3, 0.4) is 0 Å². The van der Waals surface area contributed by atoms with Gasteiger partial charge in [0.15, 0.2) is 0 Å². The fourth-order valence-corrected chi connectivity index (χ4v) is 3.74. The Morgan fingerprint density at radius 3 is 2.60 bits per heavy atom. The lowest BCUT2D eigenvalue weighted by atomic mass is 10.2. The van der Waals surface area contributed by atoms with Crippen LogP contribution in [0.1, 0.15) is 17.9 Å². The molecular weight excluding hydrogens is 315 g/mol. The Kier molecular flexibility index (Phi) is 5.24. The van der Waals surface area contributed by atoms with Gasteiger partial charge in [0.1, 0.15) is 5.37 Å². The molecule has 3 nitrogen and oxygen atoms in total. The number of benzene rings is 1. The van der Waals surface area contributed by atoms with Crippen LogP contribution >= 0.6 is 35.0 Å². The first-order valence-electron chi connectivity index (χ1n) is 6.45. The molecule has 1 amide bonds. The van der Waals surface area contributed by atoms with Crippen molar-refractivity contribution in [2.45, 2.75) is 17.5 Å². The minimum absolute atomic E-state index is 0.0170. The smallest absolute Gasteiger partial charge is 0.236 e. The first-order chi connectivity index (χ1) is 9.40. The van der Waals surface area contributed by atoms with E-state index in [1.807, 2.05) is 38.1 Å². The van der Waals surface area contributed by atoms with Crippen molar-refractivity contribution in [3.05, 3.63) is 33.8 Å². The van der Waals surface area contributed by atoms with Crippen molar-refractivity contribution in [3.63, 3.8) is 0 Å². The summed E-state index contributed by atoms with van der Waals surface area (Å²) in [5, 5.41) is 1.07. The quantitative estimate of drug-likeness (QED) is 0.842. The van der Waals surface area contributed by atoms with Crippen LogP contribution in [0.5, 0.6) is 0 Å². The first-order valence-corrected chi connectivity index (χ1v) is 8.15. The molecule has 2 rings (SSSR count). The molecule has 1 fully saturated rings. The van der Waals surface area contributed by atoms with Gasteiger partial charge in [0.05, 0.1) is 15.3 Å². The number of thioether (sulfide) groups is 1. The fourth-order valence-electron chi connectivity index (χ4n) is 2.13. The van der Waals surface area contributed by atoms with Crippen molar-refractivity contribution < 1.29 is 4.79 Å². The number of halogens is 2. The molecule has 1 saturated heterocycles. The topological polar surface area (TPSA) is 23.6 Å². The van der Waals surface area contributed by atoms with E-state index >= 15 is 0 Å². The minimum Gasteiger partial charge on any atom is -0.324 e. The fraction of sp³-hybridized carbons (Fsp3) is 0.500. The minimum atomic E-state index is -0.0170. The summed E-state index contributed by atoms with van der Waals surface area (Å²) in [7, 11) is 4.01. The number of hydrogen-bond donors (Lipinski definition) is 0. The summed E-state index contributed by atoms with van der Waals surface area (Å²) in [6.45, 7) is 3.51. The number of nitrogens with zero attached hydrogens (tertiary/aromatic N) is 2.